The first-order chi connectivity index (χ1) is 13.8. The molecule has 1 aliphatic heterocycles. The topological polar surface area (TPSA) is 115 Å². The zero-order valence-corrected chi connectivity index (χ0v) is 15.8. The number of anilines is 1. The van der Waals surface area contributed by atoms with Gasteiger partial charge in [-0.1, -0.05) is 0 Å². The average molecular weight is 391 g/mol. The normalized spacial score (nSPS) is 15.2. The zero-order valence-electron chi connectivity index (χ0n) is 15.8. The number of nitrogen functional groups attached to an aromatic ring is 1. The molecule has 0 bridgehead atoms. The van der Waals surface area contributed by atoms with Gasteiger partial charge in [0.15, 0.2) is 11.6 Å². The average Bonchev–Trinajstić information content (AvgIpc) is 2.70. The summed E-state index contributed by atoms with van der Waals surface area (Å²) in [6.45, 7) is 0. The number of hydrogen-bond donors (Lipinski definition) is 3. The van der Waals surface area contributed by atoms with Crippen LogP contribution in [0.25, 0.3) is 5.57 Å². The number of nitrogens with zero attached hydrogens (tertiary/aromatic N) is 2. The predicted octanol–water partition coefficient (Wildman–Crippen LogP) is 3.01. The highest BCUT2D eigenvalue weighted by atomic mass is 19.1. The van der Waals surface area contributed by atoms with Crippen LogP contribution in [0.4, 0.5) is 10.1 Å². The number of allylic oxidation sites excluding steroid dienone is 1. The standard InChI is InChI=1S/C21H18FN5O2/c1-26-10-15-20(25)16(11-27(2)21(15)28)14-8-13(24)4-6-18(14)29-19-5-3-12(9-23)7-17(19)22/h3-8,10-11,25-26H,24H2,1-2H3/b15-10+,25-20?. The Labute approximate surface area is 167 Å². The second kappa shape index (κ2) is 7.86. The number of ether oxygens (including phenoxy) is 1. The third kappa shape index (κ3) is 3.80. The summed E-state index contributed by atoms with van der Waals surface area (Å²) in [6, 6.07) is 10.5. The Bertz CT molecular complexity index is 1110. The molecule has 4 N–H and O–H groups in total. The molecular weight excluding hydrogens is 373 g/mol. The number of nitrogens with two attached hydrogens (primary N) is 1. The van der Waals surface area contributed by atoms with E-state index in [9.17, 15) is 9.18 Å². The molecule has 1 heterocycles. The van der Waals surface area contributed by atoms with Crippen LogP contribution in [0.3, 0.4) is 0 Å². The maximum absolute atomic E-state index is 14.3. The van der Waals surface area contributed by atoms with Crippen LogP contribution < -0.4 is 15.8 Å². The van der Waals surface area contributed by atoms with Gasteiger partial charge in [-0.15, -0.1) is 0 Å². The number of halogens is 1. The highest BCUT2D eigenvalue weighted by molar-refractivity contribution is 6.41. The van der Waals surface area contributed by atoms with Crippen molar-refractivity contribution in [2.24, 2.45) is 0 Å². The molecule has 0 spiro atoms. The van der Waals surface area contributed by atoms with Gasteiger partial charge in [0.2, 0.25) is 0 Å². The smallest absolute Gasteiger partial charge is 0.261 e. The van der Waals surface area contributed by atoms with Crippen molar-refractivity contribution in [1.82, 2.24) is 10.2 Å². The van der Waals surface area contributed by atoms with Crippen molar-refractivity contribution in [1.29, 1.82) is 10.7 Å². The van der Waals surface area contributed by atoms with E-state index in [1.54, 1.807) is 32.3 Å². The highest BCUT2D eigenvalue weighted by Gasteiger charge is 2.29. The number of likely N-dealkylation sites (N-methyl/N-ethyl adjacent to an activating group) is 1. The van der Waals surface area contributed by atoms with E-state index in [4.69, 9.17) is 21.1 Å². The molecule has 2 aromatic carbocycles. The summed E-state index contributed by atoms with van der Waals surface area (Å²) >= 11 is 0. The summed E-state index contributed by atoms with van der Waals surface area (Å²) in [5.41, 5.74) is 7.49. The number of amides is 1. The minimum absolute atomic E-state index is 0.0156. The van der Waals surface area contributed by atoms with Gasteiger partial charge in [-0.3, -0.25) is 10.2 Å². The van der Waals surface area contributed by atoms with Gasteiger partial charge >= 0.3 is 0 Å². The van der Waals surface area contributed by atoms with Crippen molar-refractivity contribution in [2.45, 2.75) is 0 Å². The Morgan fingerprint density at radius 2 is 2.00 bits per heavy atom. The van der Waals surface area contributed by atoms with Crippen LogP contribution >= 0.6 is 0 Å². The number of rotatable bonds is 4. The first-order valence-corrected chi connectivity index (χ1v) is 8.58. The van der Waals surface area contributed by atoms with Gasteiger partial charge in [-0.05, 0) is 36.4 Å². The molecule has 1 aliphatic rings. The van der Waals surface area contributed by atoms with Gasteiger partial charge < -0.3 is 20.7 Å². The van der Waals surface area contributed by atoms with E-state index in [-0.39, 0.29) is 34.3 Å². The molecule has 1 amide bonds. The van der Waals surface area contributed by atoms with Crippen molar-refractivity contribution in [2.75, 3.05) is 19.8 Å². The molecule has 29 heavy (non-hydrogen) atoms. The summed E-state index contributed by atoms with van der Waals surface area (Å²) in [5, 5.41) is 20.1. The van der Waals surface area contributed by atoms with E-state index in [0.29, 0.717) is 16.8 Å². The lowest BCUT2D eigenvalue weighted by atomic mass is 9.92. The molecule has 0 radical (unpaired) electrons. The second-order valence-electron chi connectivity index (χ2n) is 6.30. The van der Waals surface area contributed by atoms with Crippen molar-refractivity contribution < 1.29 is 13.9 Å². The van der Waals surface area contributed by atoms with Crippen LogP contribution in [0.5, 0.6) is 11.5 Å². The van der Waals surface area contributed by atoms with E-state index in [1.807, 2.05) is 6.07 Å². The van der Waals surface area contributed by atoms with Gasteiger partial charge in [-0.2, -0.15) is 5.26 Å². The largest absolute Gasteiger partial charge is 0.454 e. The van der Waals surface area contributed by atoms with Crippen molar-refractivity contribution in [3.05, 3.63) is 71.3 Å². The van der Waals surface area contributed by atoms with Crippen molar-refractivity contribution in [3.63, 3.8) is 0 Å². The van der Waals surface area contributed by atoms with Crippen LogP contribution in [0.15, 0.2) is 54.4 Å². The SMILES string of the molecule is CN/C=C1\C(=N)C(c2cc(N)ccc2Oc2ccc(C#N)cc2F)=CN(C)C1=O. The van der Waals surface area contributed by atoms with Gasteiger partial charge in [0.1, 0.15) is 5.75 Å². The number of carbonyl (C=O) groups is 1. The number of carbonyl (C=O) groups excluding carboxylic acids is 1. The van der Waals surface area contributed by atoms with E-state index in [2.05, 4.69) is 5.32 Å². The minimum Gasteiger partial charge on any atom is -0.454 e. The fraction of sp³-hybridized carbons (Fsp3) is 0.0952. The molecule has 7 nitrogen and oxygen atoms in total. The van der Waals surface area contributed by atoms with Gasteiger partial charge in [0.25, 0.3) is 5.91 Å². The molecule has 0 fully saturated rings. The second-order valence-corrected chi connectivity index (χ2v) is 6.30. The maximum atomic E-state index is 14.3. The maximum Gasteiger partial charge on any atom is 0.261 e. The molecule has 0 atom stereocenters. The summed E-state index contributed by atoms with van der Waals surface area (Å²) in [7, 11) is 3.21. The monoisotopic (exact) mass is 391 g/mol. The number of nitrogens with one attached hydrogen (secondary N) is 2. The molecule has 3 rings (SSSR count). The van der Waals surface area contributed by atoms with Gasteiger partial charge in [0, 0.05) is 43.3 Å². The Balaban J connectivity index is 2.09. The fourth-order valence-electron chi connectivity index (χ4n) is 2.86. The van der Waals surface area contributed by atoms with Crippen molar-refractivity contribution >= 4 is 22.9 Å². The lowest BCUT2D eigenvalue weighted by Gasteiger charge is -2.25. The molecule has 0 aromatic heterocycles. The molecule has 2 aromatic rings. The van der Waals surface area contributed by atoms with Crippen LogP contribution in [-0.2, 0) is 4.79 Å². The predicted molar refractivity (Wildman–Crippen MR) is 108 cm³/mol. The zero-order chi connectivity index (χ0) is 21.1. The van der Waals surface area contributed by atoms with Crippen molar-refractivity contribution in [3.8, 4) is 17.6 Å². The highest BCUT2D eigenvalue weighted by Crippen LogP contribution is 2.36. The summed E-state index contributed by atoms with van der Waals surface area (Å²) < 4.78 is 20.0. The van der Waals surface area contributed by atoms with Crippen LogP contribution in [0.1, 0.15) is 11.1 Å². The number of hydrogen-bond acceptors (Lipinski definition) is 6. The molecule has 0 saturated heterocycles. The first-order valence-electron chi connectivity index (χ1n) is 8.58. The Kier molecular flexibility index (Phi) is 5.32. The molecule has 0 unspecified atom stereocenters. The third-order valence-corrected chi connectivity index (χ3v) is 4.28. The molecule has 146 valence electrons. The van der Waals surface area contributed by atoms with E-state index >= 15 is 0 Å². The third-order valence-electron chi connectivity index (χ3n) is 4.28. The van der Waals surface area contributed by atoms with Crippen LogP contribution in [0, 0.1) is 22.6 Å². The van der Waals surface area contributed by atoms with Crippen LogP contribution in [0.2, 0.25) is 0 Å². The van der Waals surface area contributed by atoms with E-state index < -0.39 is 5.82 Å². The summed E-state index contributed by atoms with van der Waals surface area (Å²) in [4.78, 5) is 13.7. The molecule has 0 aliphatic carbocycles. The number of nitriles is 1. The summed E-state index contributed by atoms with van der Waals surface area (Å²) in [5.74, 6) is -0.848. The molecule has 0 saturated carbocycles. The fourth-order valence-corrected chi connectivity index (χ4v) is 2.86. The lowest BCUT2D eigenvalue weighted by Crippen LogP contribution is -2.33. The minimum atomic E-state index is -0.692. The lowest BCUT2D eigenvalue weighted by molar-refractivity contribution is -0.123. The number of benzene rings is 2. The Hall–Kier alpha value is -4.12. The van der Waals surface area contributed by atoms with Gasteiger partial charge in [0.05, 0.1) is 22.9 Å². The quantitative estimate of drug-likeness (QED) is 0.547. The van der Waals surface area contributed by atoms with E-state index in [0.717, 1.165) is 6.07 Å². The van der Waals surface area contributed by atoms with Gasteiger partial charge in [-0.25, -0.2) is 4.39 Å². The Morgan fingerprint density at radius 1 is 1.28 bits per heavy atom. The van der Waals surface area contributed by atoms with E-state index in [1.165, 1.54) is 29.4 Å². The Morgan fingerprint density at radius 3 is 2.66 bits per heavy atom. The molecular formula is C21H18FN5O2. The van der Waals surface area contributed by atoms with Crippen LogP contribution in [-0.4, -0.2) is 30.6 Å². The summed E-state index contributed by atoms with van der Waals surface area (Å²) in [6.07, 6.45) is 2.95. The molecule has 8 heteroatoms. The first kappa shape index (κ1) is 19.6.